The van der Waals surface area contributed by atoms with Gasteiger partial charge < -0.3 is 39.1 Å². The number of amides is 2. The maximum absolute atomic E-state index is 14.1. The smallest absolute Gasteiger partial charge is 0.335 e. The van der Waals surface area contributed by atoms with Gasteiger partial charge in [0.05, 0.1) is 14.2 Å². The van der Waals surface area contributed by atoms with Crippen LogP contribution in [0.15, 0.2) is 82.9 Å². The summed E-state index contributed by atoms with van der Waals surface area (Å²) in [5.41, 5.74) is 8.79. The topological polar surface area (TPSA) is 209 Å². The van der Waals surface area contributed by atoms with E-state index in [-0.39, 0.29) is 30.4 Å². The molecule has 3 aromatic rings. The summed E-state index contributed by atoms with van der Waals surface area (Å²) in [7, 11) is 2.81. The molecular weight excluding hydrogens is 748 g/mol. The van der Waals surface area contributed by atoms with Gasteiger partial charge in [0.25, 0.3) is 0 Å². The minimum absolute atomic E-state index is 0.128. The lowest BCUT2D eigenvalue weighted by Gasteiger charge is -2.38. The third kappa shape index (κ3) is 11.6. The van der Waals surface area contributed by atoms with Crippen molar-refractivity contribution in [3.63, 3.8) is 0 Å². The van der Waals surface area contributed by atoms with Crippen molar-refractivity contribution in [2.75, 3.05) is 20.8 Å². The first-order chi connectivity index (χ1) is 27.5. The van der Waals surface area contributed by atoms with E-state index in [1.165, 1.54) is 7.11 Å². The van der Waals surface area contributed by atoms with Crippen molar-refractivity contribution in [3.8, 4) is 17.2 Å². The Bertz CT molecular complexity index is 1990. The average molecular weight is 801 g/mol. The summed E-state index contributed by atoms with van der Waals surface area (Å²) in [6.45, 7) is 11.5. The highest BCUT2D eigenvalue weighted by molar-refractivity contribution is 5.98. The molecule has 1 aliphatic rings. The van der Waals surface area contributed by atoms with Gasteiger partial charge in [-0.2, -0.15) is 0 Å². The molecule has 0 fully saturated rings. The predicted octanol–water partition coefficient (Wildman–Crippen LogP) is 6.16. The standard InChI is InChI=1S/C42H52N6O10/c1-10-42(7,36(46-37(50)33(25(2)3)47-48-43)38(51)44-23-32(49)58-41(4,5)6)57-31-22-28(18-21-30(31)55-24-26-14-12-11-13-15-26)35-34(40(52)54-9)45-39(56-35)27-16-19-29(53-8)20-17-27/h11-22,25,33-36H,10,23-24H2,1-9H3,(H,44,51)(H,46,50)/t33-,34-,35+,36+,42-/m0/s1. The van der Waals surface area contributed by atoms with Crippen molar-refractivity contribution in [2.24, 2.45) is 16.0 Å². The van der Waals surface area contributed by atoms with E-state index < -0.39 is 71.6 Å². The van der Waals surface area contributed by atoms with Crippen molar-refractivity contribution in [1.82, 2.24) is 10.6 Å². The van der Waals surface area contributed by atoms with Crippen molar-refractivity contribution in [1.29, 1.82) is 0 Å². The molecule has 16 heteroatoms. The van der Waals surface area contributed by atoms with E-state index in [2.05, 4.69) is 25.7 Å². The highest BCUT2D eigenvalue weighted by Gasteiger charge is 2.44. The second-order valence-electron chi connectivity index (χ2n) is 15.1. The molecule has 0 saturated heterocycles. The Labute approximate surface area is 338 Å². The van der Waals surface area contributed by atoms with Gasteiger partial charge in [-0.3, -0.25) is 14.4 Å². The van der Waals surface area contributed by atoms with Crippen LogP contribution in [0, 0.1) is 5.92 Å². The number of esters is 2. The number of azide groups is 1. The molecular formula is C42H52N6O10. The number of rotatable bonds is 18. The third-order valence-corrected chi connectivity index (χ3v) is 9.20. The van der Waals surface area contributed by atoms with E-state index in [9.17, 15) is 24.7 Å². The van der Waals surface area contributed by atoms with Crippen molar-refractivity contribution in [2.45, 2.75) is 96.9 Å². The maximum atomic E-state index is 14.1. The largest absolute Gasteiger partial charge is 0.497 e. The Balaban J connectivity index is 1.78. The van der Waals surface area contributed by atoms with Crippen LogP contribution in [0.4, 0.5) is 0 Å². The Morgan fingerprint density at radius 3 is 2.22 bits per heavy atom. The maximum Gasteiger partial charge on any atom is 0.335 e. The molecule has 0 unspecified atom stereocenters. The van der Waals surface area contributed by atoms with Crippen LogP contribution in [0.25, 0.3) is 10.4 Å². The van der Waals surface area contributed by atoms with Crippen LogP contribution in [-0.2, 0) is 40.0 Å². The zero-order chi connectivity index (χ0) is 42.6. The number of hydrogen-bond donors (Lipinski definition) is 2. The average Bonchev–Trinajstić information content (AvgIpc) is 3.65. The number of carbonyl (C=O) groups is 4. The number of benzene rings is 3. The van der Waals surface area contributed by atoms with Gasteiger partial charge in [0.15, 0.2) is 23.6 Å². The molecule has 0 bridgehead atoms. The summed E-state index contributed by atoms with van der Waals surface area (Å²) in [6, 6.07) is 17.7. The Kier molecular flexibility index (Phi) is 15.1. The summed E-state index contributed by atoms with van der Waals surface area (Å²) in [5, 5.41) is 8.96. The highest BCUT2D eigenvalue weighted by atomic mass is 16.6. The number of carbonyl (C=O) groups excluding carboxylic acids is 4. The van der Waals surface area contributed by atoms with Crippen molar-refractivity contribution < 1.29 is 47.6 Å². The molecule has 5 atom stereocenters. The van der Waals surface area contributed by atoms with Gasteiger partial charge in [0.2, 0.25) is 17.7 Å². The molecule has 1 aliphatic heterocycles. The number of aliphatic imine (C=N–C) groups is 1. The van der Waals surface area contributed by atoms with E-state index in [4.69, 9.17) is 28.4 Å². The normalized spacial score (nSPS) is 16.9. The van der Waals surface area contributed by atoms with Crippen LogP contribution in [0.5, 0.6) is 17.2 Å². The van der Waals surface area contributed by atoms with Gasteiger partial charge in [-0.25, -0.2) is 9.79 Å². The van der Waals surface area contributed by atoms with Gasteiger partial charge >= 0.3 is 11.9 Å². The molecule has 0 radical (unpaired) electrons. The fraction of sp³-hybridized carbons (Fsp3) is 0.452. The number of nitrogens with zero attached hydrogens (tertiary/aromatic N) is 4. The quantitative estimate of drug-likeness (QED) is 0.0648. The molecule has 0 aromatic heterocycles. The van der Waals surface area contributed by atoms with Crippen molar-refractivity contribution in [3.05, 3.63) is 99.9 Å². The zero-order valence-electron chi connectivity index (χ0n) is 34.3. The number of ether oxygens (including phenoxy) is 6. The molecule has 4 rings (SSSR count). The molecule has 310 valence electrons. The summed E-state index contributed by atoms with van der Waals surface area (Å²) >= 11 is 0. The Hall–Kier alpha value is -6.28. The highest BCUT2D eigenvalue weighted by Crippen LogP contribution is 2.40. The fourth-order valence-corrected chi connectivity index (χ4v) is 5.96. The predicted molar refractivity (Wildman–Crippen MR) is 214 cm³/mol. The lowest BCUT2D eigenvalue weighted by molar-refractivity contribution is -0.155. The summed E-state index contributed by atoms with van der Waals surface area (Å²) in [6.07, 6.45) is -0.838. The number of methoxy groups -OCH3 is 2. The van der Waals surface area contributed by atoms with Crippen LogP contribution in [0.2, 0.25) is 0 Å². The molecule has 2 amide bonds. The van der Waals surface area contributed by atoms with E-state index in [1.54, 1.807) is 98.0 Å². The number of nitrogens with one attached hydrogen (secondary N) is 2. The van der Waals surface area contributed by atoms with Gasteiger partial charge in [-0.1, -0.05) is 62.3 Å². The minimum Gasteiger partial charge on any atom is -0.497 e. The minimum atomic E-state index is -1.54. The molecule has 0 aliphatic carbocycles. The Morgan fingerprint density at radius 2 is 1.64 bits per heavy atom. The van der Waals surface area contributed by atoms with Gasteiger partial charge in [-0.15, -0.1) is 0 Å². The van der Waals surface area contributed by atoms with E-state index >= 15 is 0 Å². The monoisotopic (exact) mass is 800 g/mol. The molecule has 16 nitrogen and oxygen atoms in total. The first-order valence-corrected chi connectivity index (χ1v) is 18.8. The van der Waals surface area contributed by atoms with Crippen LogP contribution >= 0.6 is 0 Å². The lowest BCUT2D eigenvalue weighted by Crippen LogP contribution is -2.63. The lowest BCUT2D eigenvalue weighted by atomic mass is 9.91. The Morgan fingerprint density at radius 1 is 0.948 bits per heavy atom. The van der Waals surface area contributed by atoms with E-state index in [1.807, 2.05) is 30.3 Å². The molecule has 3 aromatic carbocycles. The van der Waals surface area contributed by atoms with Crippen LogP contribution in [0.1, 0.15) is 77.7 Å². The van der Waals surface area contributed by atoms with Gasteiger partial charge in [0.1, 0.15) is 42.2 Å². The molecule has 58 heavy (non-hydrogen) atoms. The zero-order valence-corrected chi connectivity index (χ0v) is 34.3. The second kappa shape index (κ2) is 19.7. The molecule has 0 saturated carbocycles. The number of hydrogen-bond acceptors (Lipinski definition) is 12. The van der Waals surface area contributed by atoms with E-state index in [0.29, 0.717) is 16.9 Å². The molecule has 0 spiro atoms. The fourth-order valence-electron chi connectivity index (χ4n) is 5.96. The SMILES string of the molecule is CC[C@](C)(Oc1cc([C@H]2OC(c3ccc(OC)cc3)=N[C@@H]2C(=O)OC)ccc1OCc1ccccc1)[C@H](NC(=O)[C@@H](N=[N+]=[N-])C(C)C)C(=O)NCC(=O)OC(C)(C)C. The first-order valence-electron chi connectivity index (χ1n) is 18.8. The van der Waals surface area contributed by atoms with E-state index in [0.717, 1.165) is 5.56 Å². The molecule has 1 heterocycles. The van der Waals surface area contributed by atoms with Crippen LogP contribution < -0.4 is 24.8 Å². The van der Waals surface area contributed by atoms with Crippen LogP contribution in [-0.4, -0.2) is 79.7 Å². The molecule has 2 N–H and O–H groups in total. The summed E-state index contributed by atoms with van der Waals surface area (Å²) in [5.74, 6) is -2.02. The van der Waals surface area contributed by atoms with Gasteiger partial charge in [0, 0.05) is 10.5 Å². The van der Waals surface area contributed by atoms with Gasteiger partial charge in [-0.05, 0) is 93.1 Å². The summed E-state index contributed by atoms with van der Waals surface area (Å²) < 4.78 is 35.1. The van der Waals surface area contributed by atoms with Crippen LogP contribution in [0.3, 0.4) is 0 Å². The second-order valence-corrected chi connectivity index (χ2v) is 15.1. The van der Waals surface area contributed by atoms with Crippen molar-refractivity contribution >= 4 is 29.7 Å². The first kappa shape index (κ1) is 44.4. The third-order valence-electron chi connectivity index (χ3n) is 9.20. The summed E-state index contributed by atoms with van der Waals surface area (Å²) in [4.78, 5) is 61.0.